The Morgan fingerprint density at radius 1 is 1.50 bits per heavy atom. The standard InChI is InChI=1S/C12H16ClN5/c1-2-5-17(10-6-14-7-10)12-15-11-4-3-9(13)8-18(11)16-12/h3-4,8,10,14H,2,5-7H2,1H3. The average Bonchev–Trinajstić information content (AvgIpc) is 2.68. The molecule has 6 heteroatoms. The van der Waals surface area contributed by atoms with Crippen molar-refractivity contribution < 1.29 is 0 Å². The number of halogens is 1. The Kier molecular flexibility index (Phi) is 3.09. The van der Waals surface area contributed by atoms with Gasteiger partial charge in [0, 0.05) is 25.8 Å². The molecule has 5 nitrogen and oxygen atoms in total. The third-order valence-corrected chi connectivity index (χ3v) is 3.43. The molecule has 2 aromatic heterocycles. The van der Waals surface area contributed by atoms with Crippen molar-refractivity contribution >= 4 is 23.2 Å². The minimum absolute atomic E-state index is 0.512. The summed E-state index contributed by atoms with van der Waals surface area (Å²) < 4.78 is 1.74. The number of nitrogens with one attached hydrogen (secondary N) is 1. The van der Waals surface area contributed by atoms with Crippen LogP contribution in [-0.2, 0) is 0 Å². The van der Waals surface area contributed by atoms with Crippen molar-refractivity contribution in [3.05, 3.63) is 23.4 Å². The summed E-state index contributed by atoms with van der Waals surface area (Å²) in [5, 5.41) is 8.47. The molecule has 0 aliphatic carbocycles. The molecule has 3 heterocycles. The van der Waals surface area contributed by atoms with Crippen LogP contribution >= 0.6 is 11.6 Å². The van der Waals surface area contributed by atoms with Gasteiger partial charge in [-0.15, -0.1) is 5.10 Å². The lowest BCUT2D eigenvalue weighted by atomic mass is 10.1. The van der Waals surface area contributed by atoms with Gasteiger partial charge >= 0.3 is 0 Å². The summed E-state index contributed by atoms with van der Waals surface area (Å²) in [7, 11) is 0. The largest absolute Gasteiger partial charge is 0.334 e. The molecule has 0 amide bonds. The number of pyridine rings is 1. The zero-order valence-corrected chi connectivity index (χ0v) is 11.1. The third-order valence-electron chi connectivity index (χ3n) is 3.21. The third kappa shape index (κ3) is 2.04. The van der Waals surface area contributed by atoms with E-state index in [0.29, 0.717) is 11.1 Å². The van der Waals surface area contributed by atoms with E-state index in [1.54, 1.807) is 10.7 Å². The van der Waals surface area contributed by atoms with Crippen LogP contribution in [-0.4, -0.2) is 40.3 Å². The molecule has 0 aromatic carbocycles. The molecule has 0 radical (unpaired) electrons. The van der Waals surface area contributed by atoms with Crippen molar-refractivity contribution in [2.24, 2.45) is 0 Å². The van der Waals surface area contributed by atoms with Crippen molar-refractivity contribution in [1.82, 2.24) is 19.9 Å². The van der Waals surface area contributed by atoms with Crippen LogP contribution in [0, 0.1) is 0 Å². The quantitative estimate of drug-likeness (QED) is 0.912. The van der Waals surface area contributed by atoms with Gasteiger partial charge in [-0.1, -0.05) is 18.5 Å². The molecule has 0 bridgehead atoms. The SMILES string of the molecule is CCCN(c1nc2ccc(Cl)cn2n1)C1CNC1. The van der Waals surface area contributed by atoms with E-state index in [4.69, 9.17) is 11.6 Å². The van der Waals surface area contributed by atoms with Crippen LogP contribution in [0.15, 0.2) is 18.3 Å². The van der Waals surface area contributed by atoms with Gasteiger partial charge in [0.2, 0.25) is 5.95 Å². The molecule has 1 aliphatic heterocycles. The minimum Gasteiger partial charge on any atom is -0.334 e. The fraction of sp³-hybridized carbons (Fsp3) is 0.500. The molecule has 1 fully saturated rings. The van der Waals surface area contributed by atoms with E-state index in [1.807, 2.05) is 12.1 Å². The molecule has 0 atom stereocenters. The number of rotatable bonds is 4. The van der Waals surface area contributed by atoms with Crippen LogP contribution < -0.4 is 10.2 Å². The molecule has 1 N–H and O–H groups in total. The molecule has 1 saturated heterocycles. The normalized spacial score (nSPS) is 15.9. The highest BCUT2D eigenvalue weighted by atomic mass is 35.5. The molecule has 0 saturated carbocycles. The van der Waals surface area contributed by atoms with Crippen molar-refractivity contribution in [2.75, 3.05) is 24.5 Å². The maximum Gasteiger partial charge on any atom is 0.246 e. The fourth-order valence-corrected chi connectivity index (χ4v) is 2.30. The van der Waals surface area contributed by atoms with E-state index in [0.717, 1.165) is 37.7 Å². The first-order valence-electron chi connectivity index (χ1n) is 6.27. The van der Waals surface area contributed by atoms with Crippen molar-refractivity contribution in [1.29, 1.82) is 0 Å². The van der Waals surface area contributed by atoms with Gasteiger partial charge in [-0.05, 0) is 18.6 Å². The number of hydrogen-bond donors (Lipinski definition) is 1. The van der Waals surface area contributed by atoms with Crippen LogP contribution in [0.3, 0.4) is 0 Å². The van der Waals surface area contributed by atoms with E-state index in [2.05, 4.69) is 27.2 Å². The second kappa shape index (κ2) is 4.74. The van der Waals surface area contributed by atoms with E-state index in [1.165, 1.54) is 0 Å². The highest BCUT2D eigenvalue weighted by Gasteiger charge is 2.26. The number of nitrogens with zero attached hydrogens (tertiary/aromatic N) is 4. The average molecular weight is 266 g/mol. The van der Waals surface area contributed by atoms with Gasteiger partial charge in [0.25, 0.3) is 0 Å². The van der Waals surface area contributed by atoms with Crippen LogP contribution in [0.1, 0.15) is 13.3 Å². The summed E-state index contributed by atoms with van der Waals surface area (Å²) in [5.41, 5.74) is 0.836. The first-order chi connectivity index (χ1) is 8.78. The molecule has 0 unspecified atom stereocenters. The Hall–Kier alpha value is -1.33. The number of fused-ring (bicyclic) bond motifs is 1. The Morgan fingerprint density at radius 3 is 3.00 bits per heavy atom. The highest BCUT2D eigenvalue weighted by molar-refractivity contribution is 6.30. The maximum atomic E-state index is 5.96. The molecular weight excluding hydrogens is 250 g/mol. The van der Waals surface area contributed by atoms with E-state index in [-0.39, 0.29) is 0 Å². The van der Waals surface area contributed by atoms with E-state index < -0.39 is 0 Å². The van der Waals surface area contributed by atoms with Crippen molar-refractivity contribution in [3.8, 4) is 0 Å². The summed E-state index contributed by atoms with van der Waals surface area (Å²) >= 11 is 5.96. The second-order valence-corrected chi connectivity index (χ2v) is 5.00. The molecular formula is C12H16ClN5. The summed E-state index contributed by atoms with van der Waals surface area (Å²) in [6, 6.07) is 4.24. The lowest BCUT2D eigenvalue weighted by Crippen LogP contribution is -2.58. The van der Waals surface area contributed by atoms with Crippen LogP contribution in [0.2, 0.25) is 5.02 Å². The number of anilines is 1. The molecule has 3 rings (SSSR count). The summed E-state index contributed by atoms with van der Waals surface area (Å²) in [5.74, 6) is 0.797. The number of aromatic nitrogens is 3. The molecule has 0 spiro atoms. The second-order valence-electron chi connectivity index (χ2n) is 4.57. The van der Waals surface area contributed by atoms with Gasteiger partial charge in [-0.3, -0.25) is 0 Å². The first kappa shape index (κ1) is 11.7. The minimum atomic E-state index is 0.512. The monoisotopic (exact) mass is 265 g/mol. The van der Waals surface area contributed by atoms with E-state index in [9.17, 15) is 0 Å². The summed E-state index contributed by atoms with van der Waals surface area (Å²) in [6.45, 7) is 5.18. The molecule has 1 aliphatic rings. The molecule has 18 heavy (non-hydrogen) atoms. The topological polar surface area (TPSA) is 45.5 Å². The molecule has 96 valence electrons. The van der Waals surface area contributed by atoms with Crippen LogP contribution in [0.5, 0.6) is 0 Å². The van der Waals surface area contributed by atoms with Gasteiger partial charge in [-0.2, -0.15) is 4.98 Å². The smallest absolute Gasteiger partial charge is 0.246 e. The van der Waals surface area contributed by atoms with Crippen molar-refractivity contribution in [2.45, 2.75) is 19.4 Å². The van der Waals surface area contributed by atoms with Crippen LogP contribution in [0.4, 0.5) is 5.95 Å². The summed E-state index contributed by atoms with van der Waals surface area (Å²) in [6.07, 6.45) is 2.88. The highest BCUT2D eigenvalue weighted by Crippen LogP contribution is 2.18. The molecule has 2 aromatic rings. The van der Waals surface area contributed by atoms with Crippen LogP contribution in [0.25, 0.3) is 5.65 Å². The Morgan fingerprint density at radius 2 is 2.33 bits per heavy atom. The predicted octanol–water partition coefficient (Wildman–Crippen LogP) is 1.57. The maximum absolute atomic E-state index is 5.96. The fourth-order valence-electron chi connectivity index (χ4n) is 2.15. The van der Waals surface area contributed by atoms with Gasteiger partial charge in [-0.25, -0.2) is 4.52 Å². The zero-order chi connectivity index (χ0) is 12.5. The number of hydrogen-bond acceptors (Lipinski definition) is 4. The van der Waals surface area contributed by atoms with Gasteiger partial charge in [0.1, 0.15) is 0 Å². The Balaban J connectivity index is 1.95. The zero-order valence-electron chi connectivity index (χ0n) is 10.3. The lowest BCUT2D eigenvalue weighted by molar-refractivity contribution is 0.408. The first-order valence-corrected chi connectivity index (χ1v) is 6.65. The Labute approximate surface area is 111 Å². The van der Waals surface area contributed by atoms with Gasteiger partial charge < -0.3 is 10.2 Å². The Bertz CT molecular complexity index is 548. The van der Waals surface area contributed by atoms with Gasteiger partial charge in [0.15, 0.2) is 5.65 Å². The van der Waals surface area contributed by atoms with Crippen molar-refractivity contribution in [3.63, 3.8) is 0 Å². The van der Waals surface area contributed by atoms with E-state index >= 15 is 0 Å². The lowest BCUT2D eigenvalue weighted by Gasteiger charge is -2.37. The predicted molar refractivity (Wildman–Crippen MR) is 72.3 cm³/mol. The summed E-state index contributed by atoms with van der Waals surface area (Å²) in [4.78, 5) is 6.84. The van der Waals surface area contributed by atoms with Gasteiger partial charge in [0.05, 0.1) is 11.1 Å².